The van der Waals surface area contributed by atoms with Gasteiger partial charge in [-0.1, -0.05) is 19.8 Å². The first-order valence-electron chi connectivity index (χ1n) is 7.06. The van der Waals surface area contributed by atoms with Crippen molar-refractivity contribution in [3.8, 4) is 0 Å². The standard InChI is InChI=1S/C14H29N3O2/c1-5-6-12(9-10-15)7-8-13(18)17(4)11-14(19)16(2)3/h12H,5-11,15H2,1-4H3. The van der Waals surface area contributed by atoms with Crippen LogP contribution in [0.15, 0.2) is 0 Å². The molecule has 0 rings (SSSR count). The average Bonchev–Trinajstić information content (AvgIpc) is 2.35. The second kappa shape index (κ2) is 9.78. The molecule has 0 aliphatic rings. The van der Waals surface area contributed by atoms with Crippen LogP contribution in [0.2, 0.25) is 0 Å². The molecule has 19 heavy (non-hydrogen) atoms. The van der Waals surface area contributed by atoms with Crippen LogP contribution < -0.4 is 5.73 Å². The second-order valence-corrected chi connectivity index (χ2v) is 5.31. The topological polar surface area (TPSA) is 66.6 Å². The molecule has 1 unspecified atom stereocenters. The highest BCUT2D eigenvalue weighted by Crippen LogP contribution is 2.17. The van der Waals surface area contributed by atoms with Crippen molar-refractivity contribution in [3.63, 3.8) is 0 Å². The highest BCUT2D eigenvalue weighted by atomic mass is 16.2. The van der Waals surface area contributed by atoms with E-state index in [1.807, 2.05) is 0 Å². The van der Waals surface area contributed by atoms with Crippen molar-refractivity contribution < 1.29 is 9.59 Å². The summed E-state index contributed by atoms with van der Waals surface area (Å²) in [6.45, 7) is 2.97. The van der Waals surface area contributed by atoms with Gasteiger partial charge in [0, 0.05) is 27.6 Å². The monoisotopic (exact) mass is 271 g/mol. The predicted molar refractivity (Wildman–Crippen MR) is 77.6 cm³/mol. The normalized spacial score (nSPS) is 12.1. The Hall–Kier alpha value is -1.10. The minimum absolute atomic E-state index is 0.0355. The molecule has 5 nitrogen and oxygen atoms in total. The van der Waals surface area contributed by atoms with E-state index in [2.05, 4.69) is 6.92 Å². The van der Waals surface area contributed by atoms with Gasteiger partial charge in [0.2, 0.25) is 11.8 Å². The fraction of sp³-hybridized carbons (Fsp3) is 0.857. The summed E-state index contributed by atoms with van der Waals surface area (Å²) >= 11 is 0. The maximum Gasteiger partial charge on any atom is 0.241 e. The fourth-order valence-electron chi connectivity index (χ4n) is 2.03. The Morgan fingerprint density at radius 2 is 1.68 bits per heavy atom. The van der Waals surface area contributed by atoms with E-state index in [0.29, 0.717) is 18.9 Å². The van der Waals surface area contributed by atoms with Crippen molar-refractivity contribution in [3.05, 3.63) is 0 Å². The molecular formula is C14H29N3O2. The summed E-state index contributed by atoms with van der Waals surface area (Å²) < 4.78 is 0. The summed E-state index contributed by atoms with van der Waals surface area (Å²) in [6, 6.07) is 0. The third kappa shape index (κ3) is 7.82. The van der Waals surface area contributed by atoms with Crippen LogP contribution >= 0.6 is 0 Å². The van der Waals surface area contributed by atoms with Gasteiger partial charge < -0.3 is 15.5 Å². The quantitative estimate of drug-likeness (QED) is 0.682. The van der Waals surface area contributed by atoms with Crippen LogP contribution in [0.4, 0.5) is 0 Å². The summed E-state index contributed by atoms with van der Waals surface area (Å²) in [5.41, 5.74) is 5.58. The Morgan fingerprint density at radius 1 is 1.05 bits per heavy atom. The Morgan fingerprint density at radius 3 is 2.16 bits per heavy atom. The number of carbonyl (C=O) groups is 2. The molecule has 5 heteroatoms. The van der Waals surface area contributed by atoms with Crippen molar-refractivity contribution in [2.75, 3.05) is 34.2 Å². The van der Waals surface area contributed by atoms with Gasteiger partial charge in [-0.15, -0.1) is 0 Å². The van der Waals surface area contributed by atoms with E-state index in [1.54, 1.807) is 21.1 Å². The van der Waals surface area contributed by atoms with Crippen molar-refractivity contribution in [1.29, 1.82) is 0 Å². The minimum Gasteiger partial charge on any atom is -0.347 e. The van der Waals surface area contributed by atoms with Gasteiger partial charge in [0.05, 0.1) is 6.54 Å². The Kier molecular flexibility index (Phi) is 9.21. The molecule has 2 N–H and O–H groups in total. The number of hydrogen-bond donors (Lipinski definition) is 1. The Balaban J connectivity index is 4.10. The molecule has 0 aromatic carbocycles. The number of nitrogens with two attached hydrogens (primary N) is 1. The van der Waals surface area contributed by atoms with Gasteiger partial charge in [0.25, 0.3) is 0 Å². The van der Waals surface area contributed by atoms with Crippen LogP contribution in [0, 0.1) is 5.92 Å². The van der Waals surface area contributed by atoms with Crippen molar-refractivity contribution in [1.82, 2.24) is 9.80 Å². The number of carbonyl (C=O) groups excluding carboxylic acids is 2. The zero-order chi connectivity index (χ0) is 14.8. The van der Waals surface area contributed by atoms with E-state index in [4.69, 9.17) is 5.73 Å². The minimum atomic E-state index is -0.0529. The molecule has 0 saturated heterocycles. The molecule has 1 atom stereocenters. The molecule has 0 aromatic rings. The van der Waals surface area contributed by atoms with E-state index < -0.39 is 0 Å². The van der Waals surface area contributed by atoms with Crippen LogP contribution in [-0.2, 0) is 9.59 Å². The molecule has 0 aromatic heterocycles. The molecule has 112 valence electrons. The van der Waals surface area contributed by atoms with Gasteiger partial charge in [-0.2, -0.15) is 0 Å². The van der Waals surface area contributed by atoms with Crippen molar-refractivity contribution in [2.45, 2.75) is 39.0 Å². The van der Waals surface area contributed by atoms with Gasteiger partial charge in [-0.25, -0.2) is 0 Å². The summed E-state index contributed by atoms with van der Waals surface area (Å²) in [7, 11) is 5.07. The van der Waals surface area contributed by atoms with Gasteiger partial charge in [-0.3, -0.25) is 9.59 Å². The number of amides is 2. The van der Waals surface area contributed by atoms with E-state index in [9.17, 15) is 9.59 Å². The van der Waals surface area contributed by atoms with Gasteiger partial charge >= 0.3 is 0 Å². The van der Waals surface area contributed by atoms with Gasteiger partial charge in [0.1, 0.15) is 0 Å². The molecule has 0 aliphatic carbocycles. The summed E-state index contributed by atoms with van der Waals surface area (Å²) in [5, 5.41) is 0. The summed E-state index contributed by atoms with van der Waals surface area (Å²) in [6.07, 6.45) is 4.58. The molecule has 0 radical (unpaired) electrons. The highest BCUT2D eigenvalue weighted by Gasteiger charge is 2.16. The van der Waals surface area contributed by atoms with Crippen LogP contribution in [0.5, 0.6) is 0 Å². The molecule has 0 saturated carbocycles. The van der Waals surface area contributed by atoms with E-state index in [0.717, 1.165) is 25.7 Å². The predicted octanol–water partition coefficient (Wildman–Crippen LogP) is 1.08. The first kappa shape index (κ1) is 17.9. The first-order chi connectivity index (χ1) is 8.92. The van der Waals surface area contributed by atoms with E-state index >= 15 is 0 Å². The maximum absolute atomic E-state index is 11.9. The lowest BCUT2D eigenvalue weighted by Gasteiger charge is -2.21. The smallest absolute Gasteiger partial charge is 0.241 e. The SMILES string of the molecule is CCCC(CCN)CCC(=O)N(C)CC(=O)N(C)C. The molecule has 0 bridgehead atoms. The van der Waals surface area contributed by atoms with Crippen LogP contribution in [0.25, 0.3) is 0 Å². The maximum atomic E-state index is 11.9. The third-order valence-electron chi connectivity index (χ3n) is 3.34. The molecule has 2 amide bonds. The first-order valence-corrected chi connectivity index (χ1v) is 7.06. The number of likely N-dealkylation sites (N-methyl/N-ethyl adjacent to an activating group) is 2. The Bertz CT molecular complexity index is 274. The van der Waals surface area contributed by atoms with Crippen LogP contribution in [-0.4, -0.2) is 55.8 Å². The molecule has 0 aliphatic heterocycles. The Labute approximate surface area is 117 Å². The third-order valence-corrected chi connectivity index (χ3v) is 3.34. The highest BCUT2D eigenvalue weighted by molar-refractivity contribution is 5.84. The van der Waals surface area contributed by atoms with Gasteiger partial charge in [0.15, 0.2) is 0 Å². The van der Waals surface area contributed by atoms with Crippen molar-refractivity contribution >= 4 is 11.8 Å². The molecule has 0 fully saturated rings. The van der Waals surface area contributed by atoms with Crippen LogP contribution in [0.1, 0.15) is 39.0 Å². The zero-order valence-electron chi connectivity index (χ0n) is 12.8. The zero-order valence-corrected chi connectivity index (χ0v) is 12.8. The average molecular weight is 271 g/mol. The fourth-order valence-corrected chi connectivity index (χ4v) is 2.03. The largest absolute Gasteiger partial charge is 0.347 e. The number of hydrogen-bond acceptors (Lipinski definition) is 3. The molecule has 0 spiro atoms. The lowest BCUT2D eigenvalue weighted by atomic mass is 9.94. The van der Waals surface area contributed by atoms with E-state index in [-0.39, 0.29) is 18.4 Å². The summed E-state index contributed by atoms with van der Waals surface area (Å²) in [5.74, 6) is 0.508. The van der Waals surface area contributed by atoms with Gasteiger partial charge in [-0.05, 0) is 25.3 Å². The lowest BCUT2D eigenvalue weighted by Crippen LogP contribution is -2.37. The number of rotatable bonds is 9. The van der Waals surface area contributed by atoms with Crippen LogP contribution in [0.3, 0.4) is 0 Å². The van der Waals surface area contributed by atoms with E-state index in [1.165, 1.54) is 9.80 Å². The summed E-state index contributed by atoms with van der Waals surface area (Å²) in [4.78, 5) is 26.5. The number of nitrogens with zero attached hydrogens (tertiary/aromatic N) is 2. The molecule has 0 heterocycles. The second-order valence-electron chi connectivity index (χ2n) is 5.31. The molecular weight excluding hydrogens is 242 g/mol. The lowest BCUT2D eigenvalue weighted by molar-refractivity contribution is -0.138. The van der Waals surface area contributed by atoms with Crippen molar-refractivity contribution in [2.24, 2.45) is 11.7 Å².